The van der Waals surface area contributed by atoms with E-state index in [1.807, 2.05) is 24.4 Å². The molecule has 160 valence electrons. The van der Waals surface area contributed by atoms with Gasteiger partial charge in [-0.05, 0) is 52.0 Å². The lowest BCUT2D eigenvalue weighted by Crippen LogP contribution is -2.19. The zero-order valence-corrected chi connectivity index (χ0v) is 18.1. The predicted octanol–water partition coefficient (Wildman–Crippen LogP) is 4.92. The molecule has 0 aliphatic carbocycles. The van der Waals surface area contributed by atoms with Gasteiger partial charge < -0.3 is 18.8 Å². The molecule has 1 aliphatic heterocycles. The van der Waals surface area contributed by atoms with Crippen molar-refractivity contribution < 1.29 is 23.8 Å². The fourth-order valence-corrected chi connectivity index (χ4v) is 3.75. The van der Waals surface area contributed by atoms with Gasteiger partial charge in [0.2, 0.25) is 5.78 Å². The highest BCUT2D eigenvalue weighted by Gasteiger charge is 2.30. The van der Waals surface area contributed by atoms with E-state index in [4.69, 9.17) is 14.2 Å². The summed E-state index contributed by atoms with van der Waals surface area (Å²) in [5.41, 5.74) is 3.20. The summed E-state index contributed by atoms with van der Waals surface area (Å²) in [6.45, 7) is 8.08. The van der Waals surface area contributed by atoms with E-state index in [0.29, 0.717) is 22.6 Å². The van der Waals surface area contributed by atoms with Gasteiger partial charge in [-0.15, -0.1) is 0 Å². The van der Waals surface area contributed by atoms with Crippen LogP contribution in [-0.4, -0.2) is 29.0 Å². The molecule has 3 aromatic rings. The molecule has 1 aromatic heterocycles. The van der Waals surface area contributed by atoms with Crippen molar-refractivity contribution >= 4 is 28.7 Å². The van der Waals surface area contributed by atoms with E-state index >= 15 is 0 Å². The fourth-order valence-electron chi connectivity index (χ4n) is 3.75. The maximum Gasteiger partial charge on any atom is 0.344 e. The van der Waals surface area contributed by atoms with Crippen LogP contribution in [0.5, 0.6) is 11.5 Å². The average Bonchev–Trinajstić information content (AvgIpc) is 3.26. The van der Waals surface area contributed by atoms with Gasteiger partial charge >= 0.3 is 5.97 Å². The Morgan fingerprint density at radius 3 is 2.71 bits per heavy atom. The highest BCUT2D eigenvalue weighted by atomic mass is 16.6. The van der Waals surface area contributed by atoms with Crippen LogP contribution < -0.4 is 9.47 Å². The molecule has 0 saturated heterocycles. The molecule has 0 amide bonds. The molecule has 0 fully saturated rings. The smallest absolute Gasteiger partial charge is 0.344 e. The summed E-state index contributed by atoms with van der Waals surface area (Å²) >= 11 is 0. The highest BCUT2D eigenvalue weighted by Crippen LogP contribution is 2.39. The van der Waals surface area contributed by atoms with Crippen LogP contribution in [0.3, 0.4) is 0 Å². The number of rotatable bonds is 6. The summed E-state index contributed by atoms with van der Waals surface area (Å²) in [7, 11) is 0. The molecule has 6 nitrogen and oxygen atoms in total. The molecule has 2 aromatic carbocycles. The van der Waals surface area contributed by atoms with Gasteiger partial charge in [0.1, 0.15) is 11.5 Å². The second-order valence-electron chi connectivity index (χ2n) is 7.72. The standard InChI is InChI=1S/C25H25NO5/c1-5-26-13-17(18-8-6-7-9-20(18)26)12-22-24(28)19-10-11-21(16(4)25(19)31-22)29-14-23(27)30-15(2)3/h6-13,15H,5,14H2,1-4H3. The minimum absolute atomic E-state index is 0.169. The number of aryl methyl sites for hydroxylation is 1. The summed E-state index contributed by atoms with van der Waals surface area (Å²) < 4.78 is 18.8. The number of Topliss-reactive ketones (excluding diaryl/α,β-unsaturated/α-hetero) is 1. The molecular formula is C25H25NO5. The van der Waals surface area contributed by atoms with Crippen LogP contribution in [0, 0.1) is 6.92 Å². The van der Waals surface area contributed by atoms with Gasteiger partial charge in [0.25, 0.3) is 0 Å². The summed E-state index contributed by atoms with van der Waals surface area (Å²) in [4.78, 5) is 24.7. The number of para-hydroxylation sites is 1. The molecule has 0 bridgehead atoms. The summed E-state index contributed by atoms with van der Waals surface area (Å²) in [5.74, 6) is 0.603. The third-order valence-electron chi connectivity index (χ3n) is 5.20. The molecular weight excluding hydrogens is 394 g/mol. The van der Waals surface area contributed by atoms with E-state index in [-0.39, 0.29) is 24.3 Å². The van der Waals surface area contributed by atoms with Crippen LogP contribution in [-0.2, 0) is 16.1 Å². The van der Waals surface area contributed by atoms with Crippen molar-refractivity contribution in [3.8, 4) is 11.5 Å². The van der Waals surface area contributed by atoms with Crippen LogP contribution in [0.25, 0.3) is 17.0 Å². The van der Waals surface area contributed by atoms with E-state index < -0.39 is 5.97 Å². The molecule has 6 heteroatoms. The number of carbonyl (C=O) groups is 2. The fraction of sp³-hybridized carbons (Fsp3) is 0.280. The third-order valence-corrected chi connectivity index (χ3v) is 5.20. The van der Waals surface area contributed by atoms with Crippen LogP contribution >= 0.6 is 0 Å². The maximum absolute atomic E-state index is 12.9. The lowest BCUT2D eigenvalue weighted by atomic mass is 10.1. The largest absolute Gasteiger partial charge is 0.481 e. The van der Waals surface area contributed by atoms with Gasteiger partial charge in [-0.25, -0.2) is 4.79 Å². The van der Waals surface area contributed by atoms with Gasteiger partial charge in [0.15, 0.2) is 12.4 Å². The Morgan fingerprint density at radius 1 is 1.19 bits per heavy atom. The van der Waals surface area contributed by atoms with E-state index in [1.165, 1.54) is 0 Å². The number of fused-ring (bicyclic) bond motifs is 2. The first-order valence-corrected chi connectivity index (χ1v) is 10.4. The van der Waals surface area contributed by atoms with Crippen molar-refractivity contribution in [1.82, 2.24) is 4.57 Å². The van der Waals surface area contributed by atoms with Crippen molar-refractivity contribution in [1.29, 1.82) is 0 Å². The average molecular weight is 419 g/mol. The number of hydrogen-bond donors (Lipinski definition) is 0. The summed E-state index contributed by atoms with van der Waals surface area (Å²) in [6.07, 6.45) is 3.61. The predicted molar refractivity (Wildman–Crippen MR) is 118 cm³/mol. The Hall–Kier alpha value is -3.54. The lowest BCUT2D eigenvalue weighted by molar-refractivity contribution is -0.149. The number of benzene rings is 2. The van der Waals surface area contributed by atoms with Gasteiger partial charge in [-0.1, -0.05) is 18.2 Å². The molecule has 0 unspecified atom stereocenters. The van der Waals surface area contributed by atoms with Crippen molar-refractivity contribution in [2.24, 2.45) is 0 Å². The van der Waals surface area contributed by atoms with Crippen molar-refractivity contribution in [3.63, 3.8) is 0 Å². The number of ether oxygens (including phenoxy) is 3. The van der Waals surface area contributed by atoms with E-state index in [9.17, 15) is 9.59 Å². The van der Waals surface area contributed by atoms with E-state index in [2.05, 4.69) is 17.6 Å². The third kappa shape index (κ3) is 3.93. The van der Waals surface area contributed by atoms with Crippen molar-refractivity contribution in [3.05, 3.63) is 65.0 Å². The minimum Gasteiger partial charge on any atom is -0.481 e. The first-order chi connectivity index (χ1) is 14.9. The molecule has 2 heterocycles. The number of esters is 1. The highest BCUT2D eigenvalue weighted by molar-refractivity contribution is 6.15. The zero-order chi connectivity index (χ0) is 22.1. The second kappa shape index (κ2) is 8.30. The number of aromatic nitrogens is 1. The molecule has 0 N–H and O–H groups in total. The number of ketones is 1. The molecule has 0 radical (unpaired) electrons. The first-order valence-electron chi connectivity index (χ1n) is 10.4. The first kappa shape index (κ1) is 20.7. The topological polar surface area (TPSA) is 66.8 Å². The van der Waals surface area contributed by atoms with E-state index in [1.54, 1.807) is 39.0 Å². The second-order valence-corrected chi connectivity index (χ2v) is 7.72. The van der Waals surface area contributed by atoms with Crippen LogP contribution in [0.1, 0.15) is 42.3 Å². The van der Waals surface area contributed by atoms with Gasteiger partial charge in [-0.2, -0.15) is 0 Å². The lowest BCUT2D eigenvalue weighted by Gasteiger charge is -2.12. The molecule has 0 saturated carbocycles. The number of hydrogen-bond acceptors (Lipinski definition) is 5. The maximum atomic E-state index is 12.9. The Bertz CT molecular complexity index is 1200. The SMILES string of the molecule is CCn1cc(C=C2Oc3c(ccc(OCC(=O)OC(C)C)c3C)C2=O)c2ccccc21. The number of carbonyl (C=O) groups excluding carboxylic acids is 2. The molecule has 31 heavy (non-hydrogen) atoms. The Balaban J connectivity index is 1.61. The van der Waals surface area contributed by atoms with E-state index in [0.717, 1.165) is 23.0 Å². The van der Waals surface area contributed by atoms with Crippen molar-refractivity contribution in [2.45, 2.75) is 40.3 Å². The number of nitrogens with zero attached hydrogens (tertiary/aromatic N) is 1. The Labute approximate surface area is 181 Å². The van der Waals surface area contributed by atoms with Crippen LogP contribution in [0.4, 0.5) is 0 Å². The molecule has 0 spiro atoms. The molecule has 0 atom stereocenters. The number of allylic oxidation sites excluding steroid dienone is 1. The van der Waals surface area contributed by atoms with Crippen LogP contribution in [0.15, 0.2) is 48.4 Å². The Kier molecular flexibility index (Phi) is 5.55. The minimum atomic E-state index is -0.445. The normalized spacial score (nSPS) is 14.2. The molecule has 4 rings (SSSR count). The van der Waals surface area contributed by atoms with Gasteiger partial charge in [-0.3, -0.25) is 4.79 Å². The van der Waals surface area contributed by atoms with Gasteiger partial charge in [0.05, 0.1) is 11.7 Å². The monoisotopic (exact) mass is 419 g/mol. The van der Waals surface area contributed by atoms with Crippen molar-refractivity contribution in [2.75, 3.05) is 6.61 Å². The zero-order valence-electron chi connectivity index (χ0n) is 18.1. The molecule has 1 aliphatic rings. The van der Waals surface area contributed by atoms with Crippen LogP contribution in [0.2, 0.25) is 0 Å². The summed E-state index contributed by atoms with van der Waals surface area (Å²) in [6, 6.07) is 11.4. The van der Waals surface area contributed by atoms with Gasteiger partial charge in [0, 0.05) is 34.8 Å². The Morgan fingerprint density at radius 2 is 1.97 bits per heavy atom. The quantitative estimate of drug-likeness (QED) is 0.419. The summed E-state index contributed by atoms with van der Waals surface area (Å²) in [5, 5.41) is 1.06.